The number of halogens is 1. The number of hydrogen-bond donors (Lipinski definition) is 2. The van der Waals surface area contributed by atoms with Crippen molar-refractivity contribution in [1.82, 2.24) is 0 Å². The van der Waals surface area contributed by atoms with Gasteiger partial charge in [-0.15, -0.1) is 0 Å². The van der Waals surface area contributed by atoms with Crippen LogP contribution in [0.25, 0.3) is 11.0 Å². The number of phenolic OH excluding ortho intramolecular Hbond substituents is 1. The van der Waals surface area contributed by atoms with Crippen LogP contribution in [0.2, 0.25) is 0 Å². The zero-order chi connectivity index (χ0) is 19.3. The largest absolute Gasteiger partial charge is 0.506 e. The monoisotopic (exact) mass is 403 g/mol. The summed E-state index contributed by atoms with van der Waals surface area (Å²) in [6.45, 7) is 3.56. The number of fused-ring (bicyclic) bond motifs is 1. The topological polar surface area (TPSA) is 76.5 Å². The lowest BCUT2D eigenvalue weighted by Crippen LogP contribution is -2.35. The molecule has 0 saturated heterocycles. The minimum Gasteiger partial charge on any atom is -0.506 e. The van der Waals surface area contributed by atoms with Gasteiger partial charge in [0.15, 0.2) is 5.78 Å². The Morgan fingerprint density at radius 1 is 1.23 bits per heavy atom. The maximum atomic E-state index is 13.2. The van der Waals surface area contributed by atoms with Crippen LogP contribution in [-0.2, 0) is 6.42 Å². The van der Waals surface area contributed by atoms with Gasteiger partial charge in [-0.25, -0.2) is 0 Å². The van der Waals surface area contributed by atoms with Gasteiger partial charge in [0, 0.05) is 23.1 Å². The SMILES string of the molecule is [B]c1c(N)c([B])c2oc(CC)c(C(=O)c3cc(C)c(O)c(Br)c3)c2c1[B]. The van der Waals surface area contributed by atoms with E-state index < -0.39 is 0 Å². The Labute approximate surface area is 163 Å². The minimum atomic E-state index is -0.306. The number of carbonyl (C=O) groups excluding carboxylic acids is 1. The molecule has 8 heteroatoms. The van der Waals surface area contributed by atoms with E-state index in [1.807, 2.05) is 6.92 Å². The van der Waals surface area contributed by atoms with E-state index in [9.17, 15) is 9.90 Å². The number of aryl methyl sites for hydroxylation is 2. The second-order valence-corrected chi connectivity index (χ2v) is 6.92. The molecule has 0 unspecified atom stereocenters. The normalized spacial score (nSPS) is 11.2. The fourth-order valence-corrected chi connectivity index (χ4v) is 3.53. The van der Waals surface area contributed by atoms with Gasteiger partial charge in [0.1, 0.15) is 40.6 Å². The highest BCUT2D eigenvalue weighted by Gasteiger charge is 2.25. The number of rotatable bonds is 3. The minimum absolute atomic E-state index is 0.0788. The number of carbonyl (C=O) groups is 1. The van der Waals surface area contributed by atoms with E-state index in [0.717, 1.165) is 0 Å². The van der Waals surface area contributed by atoms with Crippen LogP contribution in [0.1, 0.15) is 34.2 Å². The Bertz CT molecular complexity index is 1050. The van der Waals surface area contributed by atoms with E-state index in [4.69, 9.17) is 33.7 Å². The predicted octanol–water partition coefficient (Wildman–Crippen LogP) is 0.966. The third-order valence-electron chi connectivity index (χ3n) is 4.43. The summed E-state index contributed by atoms with van der Waals surface area (Å²) in [4.78, 5) is 13.2. The lowest BCUT2D eigenvalue weighted by Gasteiger charge is -2.12. The number of benzene rings is 2. The molecule has 2 aromatic carbocycles. The molecular weight excluding hydrogens is 391 g/mol. The van der Waals surface area contributed by atoms with Crippen LogP contribution in [0, 0.1) is 6.92 Å². The molecule has 3 aromatic rings. The number of aromatic hydroxyl groups is 1. The van der Waals surface area contributed by atoms with Gasteiger partial charge in [-0.05, 0) is 46.0 Å². The summed E-state index contributed by atoms with van der Waals surface area (Å²) < 4.78 is 6.22. The van der Waals surface area contributed by atoms with E-state index >= 15 is 0 Å². The molecule has 0 fully saturated rings. The number of nitrogen functional groups attached to an aromatic ring is 1. The van der Waals surface area contributed by atoms with Crippen LogP contribution >= 0.6 is 15.9 Å². The molecule has 6 radical (unpaired) electrons. The molecule has 124 valence electrons. The average molecular weight is 404 g/mol. The summed E-state index contributed by atoms with van der Waals surface area (Å²) in [5.74, 6) is 0.213. The molecule has 4 nitrogen and oxygen atoms in total. The van der Waals surface area contributed by atoms with Gasteiger partial charge in [-0.1, -0.05) is 17.8 Å². The highest BCUT2D eigenvalue weighted by molar-refractivity contribution is 9.10. The van der Waals surface area contributed by atoms with E-state index in [-0.39, 0.29) is 39.2 Å². The van der Waals surface area contributed by atoms with Gasteiger partial charge in [0.2, 0.25) is 0 Å². The zero-order valence-corrected chi connectivity index (χ0v) is 15.9. The first-order chi connectivity index (χ1) is 12.2. The van der Waals surface area contributed by atoms with Crippen molar-refractivity contribution in [3.05, 3.63) is 39.1 Å². The lowest BCUT2D eigenvalue weighted by atomic mass is 9.72. The van der Waals surface area contributed by atoms with E-state index in [0.29, 0.717) is 38.7 Å². The summed E-state index contributed by atoms with van der Waals surface area (Å²) in [7, 11) is 18.1. The Morgan fingerprint density at radius 3 is 2.46 bits per heavy atom. The molecule has 26 heavy (non-hydrogen) atoms. The molecule has 0 bridgehead atoms. The van der Waals surface area contributed by atoms with Crippen molar-refractivity contribution in [1.29, 1.82) is 0 Å². The van der Waals surface area contributed by atoms with Crippen molar-refractivity contribution < 1.29 is 14.3 Å². The lowest BCUT2D eigenvalue weighted by molar-refractivity contribution is 0.103. The van der Waals surface area contributed by atoms with Crippen LogP contribution < -0.4 is 22.1 Å². The maximum absolute atomic E-state index is 13.2. The summed E-state index contributed by atoms with van der Waals surface area (Å²) in [6, 6.07) is 3.14. The first-order valence-electron chi connectivity index (χ1n) is 7.90. The first kappa shape index (κ1) is 18.7. The van der Waals surface area contributed by atoms with Crippen LogP contribution in [0.4, 0.5) is 5.69 Å². The van der Waals surface area contributed by atoms with E-state index in [2.05, 4.69) is 15.9 Å². The number of anilines is 1. The second-order valence-electron chi connectivity index (χ2n) is 6.07. The molecule has 0 spiro atoms. The molecule has 1 aromatic heterocycles. The summed E-state index contributed by atoms with van der Waals surface area (Å²) in [6.07, 6.45) is 0.451. The van der Waals surface area contributed by atoms with Crippen molar-refractivity contribution in [3.8, 4) is 5.75 Å². The number of furan rings is 1. The number of phenols is 1. The van der Waals surface area contributed by atoms with Crippen LogP contribution in [-0.4, -0.2) is 34.4 Å². The van der Waals surface area contributed by atoms with Crippen molar-refractivity contribution in [3.63, 3.8) is 0 Å². The maximum Gasteiger partial charge on any atom is 0.197 e. The molecule has 0 atom stereocenters. The van der Waals surface area contributed by atoms with E-state index in [1.165, 1.54) is 0 Å². The van der Waals surface area contributed by atoms with Crippen LogP contribution in [0.15, 0.2) is 21.0 Å². The van der Waals surface area contributed by atoms with Crippen molar-refractivity contribution in [2.75, 3.05) is 5.73 Å². The van der Waals surface area contributed by atoms with E-state index in [1.54, 1.807) is 19.1 Å². The summed E-state index contributed by atoms with van der Waals surface area (Å²) >= 11 is 3.25. The molecule has 1 heterocycles. The fraction of sp³-hybridized carbons (Fsp3) is 0.167. The fourth-order valence-electron chi connectivity index (χ4n) is 2.97. The Balaban J connectivity index is 2.36. The first-order valence-corrected chi connectivity index (χ1v) is 8.69. The second kappa shape index (κ2) is 6.58. The van der Waals surface area contributed by atoms with Gasteiger partial charge in [0.05, 0.1) is 10.0 Å². The Morgan fingerprint density at radius 2 is 1.88 bits per heavy atom. The molecule has 0 saturated carbocycles. The zero-order valence-electron chi connectivity index (χ0n) is 14.3. The Hall–Kier alpha value is -2.08. The van der Waals surface area contributed by atoms with Crippen molar-refractivity contribution >= 4 is 78.3 Å². The van der Waals surface area contributed by atoms with Gasteiger partial charge in [-0.3, -0.25) is 4.79 Å². The van der Waals surface area contributed by atoms with Crippen molar-refractivity contribution in [2.24, 2.45) is 0 Å². The quantitative estimate of drug-likeness (QED) is 0.388. The molecular formula is C18H13B3BrNO3. The van der Waals surface area contributed by atoms with Gasteiger partial charge >= 0.3 is 0 Å². The number of ketones is 1. The molecule has 3 rings (SSSR count). The van der Waals surface area contributed by atoms with Crippen LogP contribution in [0.5, 0.6) is 5.75 Å². The average Bonchev–Trinajstić information content (AvgIpc) is 3.01. The molecule has 0 aliphatic rings. The third-order valence-corrected chi connectivity index (χ3v) is 5.03. The third kappa shape index (κ3) is 2.67. The standard InChI is InChI=1S/C18H13B3BrNO3/c1-3-9-10(17(25)7-4-6(2)16(24)8(22)5-7)11-12(19)13(20)15(23)14(21)18(11)26-9/h4-5,24H,3,23H2,1-2H3. The number of hydrogen-bond acceptors (Lipinski definition) is 4. The highest BCUT2D eigenvalue weighted by Crippen LogP contribution is 2.32. The molecule has 3 N–H and O–H groups in total. The number of nitrogens with two attached hydrogens (primary N) is 1. The molecule has 0 amide bonds. The predicted molar refractivity (Wildman–Crippen MR) is 110 cm³/mol. The molecule has 0 aliphatic heterocycles. The van der Waals surface area contributed by atoms with Gasteiger partial charge in [0.25, 0.3) is 0 Å². The Kier molecular flexibility index (Phi) is 4.73. The molecule has 0 aliphatic carbocycles. The highest BCUT2D eigenvalue weighted by atomic mass is 79.9. The van der Waals surface area contributed by atoms with Crippen molar-refractivity contribution in [2.45, 2.75) is 20.3 Å². The summed E-state index contributed by atoms with van der Waals surface area (Å²) in [5.41, 5.74) is 7.94. The summed E-state index contributed by atoms with van der Waals surface area (Å²) in [5, 5.41) is 10.3. The smallest absolute Gasteiger partial charge is 0.197 e. The van der Waals surface area contributed by atoms with Crippen LogP contribution in [0.3, 0.4) is 0 Å². The van der Waals surface area contributed by atoms with Gasteiger partial charge < -0.3 is 15.3 Å². The van der Waals surface area contributed by atoms with Gasteiger partial charge in [-0.2, -0.15) is 0 Å².